The minimum Gasteiger partial charge on any atom is -0.313 e. The van der Waals surface area contributed by atoms with Crippen molar-refractivity contribution in [1.82, 2.24) is 5.32 Å². The lowest BCUT2D eigenvalue weighted by Gasteiger charge is -1.89. The molecule has 0 aliphatic heterocycles. The quantitative estimate of drug-likeness (QED) is 0.533. The molecule has 0 saturated heterocycles. The third-order valence-electron chi connectivity index (χ3n) is 0.523. The molecule has 0 aliphatic rings. The first-order chi connectivity index (χ1) is 3.31. The van der Waals surface area contributed by atoms with E-state index in [2.05, 4.69) is 5.32 Å². The maximum Gasteiger partial charge on any atom is 0.161 e. The Morgan fingerprint density at radius 1 is 1.86 bits per heavy atom. The van der Waals surface area contributed by atoms with Gasteiger partial charge in [0, 0.05) is 0 Å². The Morgan fingerprint density at radius 3 is 2.57 bits per heavy atom. The van der Waals surface area contributed by atoms with E-state index >= 15 is 0 Å². The van der Waals surface area contributed by atoms with Crippen molar-refractivity contribution in [1.29, 1.82) is 0 Å². The molecule has 0 fully saturated rings. The second kappa shape index (κ2) is 4.09. The van der Waals surface area contributed by atoms with Crippen LogP contribution in [0.5, 0.6) is 0 Å². The fourth-order valence-electron chi connectivity index (χ4n) is 0.244. The molecule has 42 valence electrons. The summed E-state index contributed by atoms with van der Waals surface area (Å²) in [4.78, 5) is 10.2. The van der Waals surface area contributed by atoms with Gasteiger partial charge in [0.15, 0.2) is 5.78 Å². The van der Waals surface area contributed by atoms with Crippen LogP contribution >= 0.6 is 11.6 Å². The van der Waals surface area contributed by atoms with Crippen LogP contribution < -0.4 is 5.32 Å². The number of alkyl halides is 1. The van der Waals surface area contributed by atoms with Gasteiger partial charge in [-0.25, -0.2) is 0 Å². The third kappa shape index (κ3) is 3.76. The van der Waals surface area contributed by atoms with Crippen molar-refractivity contribution < 1.29 is 4.79 Å². The zero-order chi connectivity index (χ0) is 5.70. The minimum atomic E-state index is 0.0316. The first-order valence-electron chi connectivity index (χ1n) is 2.03. The van der Waals surface area contributed by atoms with Crippen molar-refractivity contribution >= 4 is 17.4 Å². The van der Waals surface area contributed by atoms with Crippen LogP contribution in [-0.4, -0.2) is 25.3 Å². The summed E-state index contributed by atoms with van der Waals surface area (Å²) in [6, 6.07) is 0. The van der Waals surface area contributed by atoms with Gasteiger partial charge in [0.2, 0.25) is 0 Å². The molecule has 0 rings (SSSR count). The van der Waals surface area contributed by atoms with Crippen molar-refractivity contribution in [3.05, 3.63) is 0 Å². The summed E-state index contributed by atoms with van der Waals surface area (Å²) < 4.78 is 0. The summed E-state index contributed by atoms with van der Waals surface area (Å²) in [6.07, 6.45) is 0. The number of rotatable bonds is 3. The van der Waals surface area contributed by atoms with E-state index in [1.165, 1.54) is 0 Å². The molecule has 0 bridgehead atoms. The average Bonchev–Trinajstić information content (AvgIpc) is 1.68. The standard InChI is InChI=1S/C4H8ClNO/c1-6-3-4(7)2-5/h6H,2-3H2,1H3. The number of carbonyl (C=O) groups excluding carboxylic acids is 1. The lowest BCUT2D eigenvalue weighted by Crippen LogP contribution is -2.18. The van der Waals surface area contributed by atoms with Gasteiger partial charge < -0.3 is 5.32 Å². The molecule has 0 amide bonds. The van der Waals surface area contributed by atoms with E-state index in [4.69, 9.17) is 11.6 Å². The molecular formula is C4H8ClNO. The van der Waals surface area contributed by atoms with E-state index in [1.807, 2.05) is 0 Å². The van der Waals surface area contributed by atoms with E-state index in [0.717, 1.165) is 0 Å². The van der Waals surface area contributed by atoms with Gasteiger partial charge in [-0.15, -0.1) is 11.6 Å². The minimum absolute atomic E-state index is 0.0316. The topological polar surface area (TPSA) is 29.1 Å². The molecule has 0 radical (unpaired) electrons. The van der Waals surface area contributed by atoms with Gasteiger partial charge in [-0.05, 0) is 7.05 Å². The molecule has 1 N–H and O–H groups in total. The Bertz CT molecular complexity index is 64.7. The van der Waals surface area contributed by atoms with Crippen molar-refractivity contribution in [2.75, 3.05) is 19.5 Å². The average molecular weight is 122 g/mol. The highest BCUT2D eigenvalue weighted by Crippen LogP contribution is 1.73. The summed E-state index contributed by atoms with van der Waals surface area (Å²) >= 11 is 5.14. The Morgan fingerprint density at radius 2 is 2.43 bits per heavy atom. The molecule has 0 spiro atoms. The number of hydrogen-bond acceptors (Lipinski definition) is 2. The second-order valence-corrected chi connectivity index (χ2v) is 1.47. The van der Waals surface area contributed by atoms with Crippen LogP contribution in [0, 0.1) is 0 Å². The van der Waals surface area contributed by atoms with E-state index < -0.39 is 0 Å². The molecule has 0 atom stereocenters. The summed E-state index contributed by atoms with van der Waals surface area (Å²) in [5.41, 5.74) is 0. The summed E-state index contributed by atoms with van der Waals surface area (Å²) in [5, 5.41) is 2.68. The summed E-state index contributed by atoms with van der Waals surface area (Å²) in [7, 11) is 1.71. The molecule has 0 aromatic carbocycles. The smallest absolute Gasteiger partial charge is 0.161 e. The molecule has 0 heterocycles. The number of hydrogen-bond donors (Lipinski definition) is 1. The number of ketones is 1. The zero-order valence-electron chi connectivity index (χ0n) is 4.20. The van der Waals surface area contributed by atoms with Gasteiger partial charge in [-0.3, -0.25) is 4.79 Å². The molecule has 7 heavy (non-hydrogen) atoms. The first kappa shape index (κ1) is 6.92. The highest BCUT2D eigenvalue weighted by Gasteiger charge is 1.92. The maximum atomic E-state index is 10.2. The Kier molecular flexibility index (Phi) is 4.04. The lowest BCUT2D eigenvalue weighted by molar-refractivity contribution is -0.115. The zero-order valence-corrected chi connectivity index (χ0v) is 4.96. The van der Waals surface area contributed by atoms with Crippen LogP contribution in [0.25, 0.3) is 0 Å². The van der Waals surface area contributed by atoms with Crippen LogP contribution in [0.3, 0.4) is 0 Å². The fourth-order valence-corrected chi connectivity index (χ4v) is 0.339. The molecule has 0 saturated carbocycles. The predicted octanol–water partition coefficient (Wildman–Crippen LogP) is 0.0137. The summed E-state index contributed by atoms with van der Waals surface area (Å²) in [6.45, 7) is 0.378. The second-order valence-electron chi connectivity index (χ2n) is 1.20. The van der Waals surface area contributed by atoms with Crippen molar-refractivity contribution in [2.45, 2.75) is 0 Å². The van der Waals surface area contributed by atoms with Crippen LogP contribution in [-0.2, 0) is 4.79 Å². The maximum absolute atomic E-state index is 10.2. The van der Waals surface area contributed by atoms with Gasteiger partial charge in [0.1, 0.15) is 0 Å². The number of Topliss-reactive ketones (excluding diaryl/α,β-unsaturated/α-hetero) is 1. The number of nitrogens with one attached hydrogen (secondary N) is 1. The molecular weight excluding hydrogens is 114 g/mol. The molecule has 0 unspecified atom stereocenters. The number of likely N-dealkylation sites (N-methyl/N-ethyl adjacent to an activating group) is 1. The molecule has 3 heteroatoms. The van der Waals surface area contributed by atoms with E-state index in [1.54, 1.807) is 7.05 Å². The monoisotopic (exact) mass is 121 g/mol. The Balaban J connectivity index is 3.00. The van der Waals surface area contributed by atoms with E-state index in [9.17, 15) is 4.79 Å². The summed E-state index contributed by atoms with van der Waals surface area (Å²) in [5.74, 6) is 0.144. The Hall–Kier alpha value is -0.0800. The van der Waals surface area contributed by atoms with Gasteiger partial charge in [0.05, 0.1) is 12.4 Å². The van der Waals surface area contributed by atoms with Gasteiger partial charge in [-0.1, -0.05) is 0 Å². The van der Waals surface area contributed by atoms with Crippen LogP contribution in [0.4, 0.5) is 0 Å². The molecule has 0 aromatic heterocycles. The highest BCUT2D eigenvalue weighted by atomic mass is 35.5. The largest absolute Gasteiger partial charge is 0.313 e. The fraction of sp³-hybridized carbons (Fsp3) is 0.750. The Labute approximate surface area is 47.8 Å². The van der Waals surface area contributed by atoms with Gasteiger partial charge >= 0.3 is 0 Å². The number of carbonyl (C=O) groups is 1. The molecule has 0 aliphatic carbocycles. The van der Waals surface area contributed by atoms with Crippen LogP contribution in [0.15, 0.2) is 0 Å². The first-order valence-corrected chi connectivity index (χ1v) is 2.57. The van der Waals surface area contributed by atoms with E-state index in [-0.39, 0.29) is 11.7 Å². The SMILES string of the molecule is CNCC(=O)CCl. The number of halogens is 1. The lowest BCUT2D eigenvalue weighted by atomic mass is 10.4. The van der Waals surface area contributed by atoms with Crippen LogP contribution in [0.1, 0.15) is 0 Å². The highest BCUT2D eigenvalue weighted by molar-refractivity contribution is 6.27. The molecule has 2 nitrogen and oxygen atoms in total. The van der Waals surface area contributed by atoms with Crippen molar-refractivity contribution in [2.24, 2.45) is 0 Å². The van der Waals surface area contributed by atoms with Gasteiger partial charge in [0.25, 0.3) is 0 Å². The third-order valence-corrected chi connectivity index (χ3v) is 0.821. The van der Waals surface area contributed by atoms with Crippen molar-refractivity contribution in [3.63, 3.8) is 0 Å². The van der Waals surface area contributed by atoms with Gasteiger partial charge in [-0.2, -0.15) is 0 Å². The normalized spacial score (nSPS) is 8.86. The van der Waals surface area contributed by atoms with Crippen molar-refractivity contribution in [3.8, 4) is 0 Å². The predicted molar refractivity (Wildman–Crippen MR) is 29.7 cm³/mol. The van der Waals surface area contributed by atoms with Crippen LogP contribution in [0.2, 0.25) is 0 Å². The van der Waals surface area contributed by atoms with E-state index in [0.29, 0.717) is 6.54 Å². The molecule has 0 aromatic rings.